The first kappa shape index (κ1) is 18.4. The molecule has 2 aromatic rings. The van der Waals surface area contributed by atoms with E-state index in [9.17, 15) is 0 Å². The molecule has 0 fully saturated rings. The summed E-state index contributed by atoms with van der Waals surface area (Å²) in [6, 6.07) is 12.9. The van der Waals surface area contributed by atoms with Crippen LogP contribution in [0.1, 0.15) is 69.4 Å². The molecule has 1 heteroatoms. The van der Waals surface area contributed by atoms with E-state index in [4.69, 9.17) is 4.99 Å². The Morgan fingerprint density at radius 1 is 0.833 bits per heavy atom. The smallest absolute Gasteiger partial charge is 0.0659 e. The third-order valence-corrected chi connectivity index (χ3v) is 4.58. The van der Waals surface area contributed by atoms with E-state index in [1.165, 1.54) is 27.8 Å². The van der Waals surface area contributed by atoms with E-state index in [0.717, 1.165) is 5.69 Å². The van der Waals surface area contributed by atoms with Crippen LogP contribution < -0.4 is 0 Å². The summed E-state index contributed by atoms with van der Waals surface area (Å²) in [5.41, 5.74) is 7.80. The predicted octanol–water partition coefficient (Wildman–Crippen LogP) is 6.65. The minimum absolute atomic E-state index is 0.122. The highest BCUT2D eigenvalue weighted by atomic mass is 14.7. The number of para-hydroxylation sites is 1. The lowest BCUT2D eigenvalue weighted by Crippen LogP contribution is -2.19. The van der Waals surface area contributed by atoms with Gasteiger partial charge in [-0.15, -0.1) is 0 Å². The second-order valence-electron chi connectivity index (χ2n) is 8.78. The Morgan fingerprint density at radius 3 is 2.00 bits per heavy atom. The summed E-state index contributed by atoms with van der Waals surface area (Å²) in [7, 11) is 0. The van der Waals surface area contributed by atoms with Crippen LogP contribution in [0.4, 0.5) is 5.69 Å². The molecule has 0 atom stereocenters. The van der Waals surface area contributed by atoms with Gasteiger partial charge in [0.25, 0.3) is 0 Å². The molecular weight excluding hydrogens is 290 g/mol. The van der Waals surface area contributed by atoms with Crippen LogP contribution in [0.15, 0.2) is 41.4 Å². The monoisotopic (exact) mass is 321 g/mol. The van der Waals surface area contributed by atoms with E-state index in [1.807, 2.05) is 12.3 Å². The Morgan fingerprint density at radius 2 is 1.46 bits per heavy atom. The molecule has 0 aromatic heterocycles. The van der Waals surface area contributed by atoms with E-state index in [2.05, 4.69) is 85.7 Å². The number of rotatable bonds is 2. The molecule has 1 nitrogen and oxygen atoms in total. The van der Waals surface area contributed by atoms with Crippen molar-refractivity contribution < 1.29 is 0 Å². The van der Waals surface area contributed by atoms with Crippen LogP contribution in [0.5, 0.6) is 0 Å². The van der Waals surface area contributed by atoms with Gasteiger partial charge in [0, 0.05) is 6.21 Å². The van der Waals surface area contributed by atoms with E-state index >= 15 is 0 Å². The number of nitrogens with zero attached hydrogens (tertiary/aromatic N) is 1. The molecule has 2 aromatic carbocycles. The molecule has 0 aliphatic heterocycles. The first-order valence-corrected chi connectivity index (χ1v) is 8.75. The minimum Gasteiger partial charge on any atom is -0.256 e. The average Bonchev–Trinajstić information content (AvgIpc) is 2.45. The molecule has 0 unspecified atom stereocenters. The lowest BCUT2D eigenvalue weighted by molar-refractivity contribution is 0.565. The maximum Gasteiger partial charge on any atom is 0.0659 e. The van der Waals surface area contributed by atoms with Gasteiger partial charge in [-0.2, -0.15) is 0 Å². The van der Waals surface area contributed by atoms with Crippen molar-refractivity contribution >= 4 is 11.9 Å². The molecule has 2 rings (SSSR count). The molecule has 0 aliphatic carbocycles. The van der Waals surface area contributed by atoms with Crippen molar-refractivity contribution in [3.8, 4) is 0 Å². The molecule has 24 heavy (non-hydrogen) atoms. The zero-order valence-electron chi connectivity index (χ0n) is 16.5. The van der Waals surface area contributed by atoms with Gasteiger partial charge in [0.15, 0.2) is 0 Å². The van der Waals surface area contributed by atoms with Gasteiger partial charge in [-0.1, -0.05) is 65.8 Å². The van der Waals surface area contributed by atoms with Crippen molar-refractivity contribution in [2.45, 2.75) is 66.2 Å². The normalized spacial score (nSPS) is 12.8. The first-order valence-electron chi connectivity index (χ1n) is 8.75. The standard InChI is InChI=1S/C23H31N/c1-16-11-9-10-12-21(16)24-15-18-13-19(22(3,4)5)14-20(17(18)2)23(6,7)8/h9-15H,1-8H3. The largest absolute Gasteiger partial charge is 0.256 e. The third-order valence-electron chi connectivity index (χ3n) is 4.58. The van der Waals surface area contributed by atoms with Crippen molar-refractivity contribution in [3.63, 3.8) is 0 Å². The average molecular weight is 322 g/mol. The van der Waals surface area contributed by atoms with Crippen LogP contribution in [0.2, 0.25) is 0 Å². The Labute approximate surface area is 147 Å². The van der Waals surface area contributed by atoms with Crippen molar-refractivity contribution in [3.05, 3.63) is 64.2 Å². The second-order valence-corrected chi connectivity index (χ2v) is 8.78. The zero-order valence-corrected chi connectivity index (χ0v) is 16.5. The Kier molecular flexibility index (Phi) is 5.03. The van der Waals surface area contributed by atoms with Gasteiger partial charge in [-0.05, 0) is 64.6 Å². The van der Waals surface area contributed by atoms with Gasteiger partial charge in [0.1, 0.15) is 0 Å². The predicted molar refractivity (Wildman–Crippen MR) is 107 cm³/mol. The van der Waals surface area contributed by atoms with Gasteiger partial charge in [0.2, 0.25) is 0 Å². The van der Waals surface area contributed by atoms with Crippen LogP contribution in [0, 0.1) is 13.8 Å². The van der Waals surface area contributed by atoms with Crippen molar-refractivity contribution in [1.29, 1.82) is 0 Å². The van der Waals surface area contributed by atoms with Gasteiger partial charge >= 0.3 is 0 Å². The highest BCUT2D eigenvalue weighted by Crippen LogP contribution is 2.33. The van der Waals surface area contributed by atoms with Crippen molar-refractivity contribution in [2.24, 2.45) is 4.99 Å². The summed E-state index contributed by atoms with van der Waals surface area (Å²) < 4.78 is 0. The van der Waals surface area contributed by atoms with Gasteiger partial charge in [0.05, 0.1) is 5.69 Å². The summed E-state index contributed by atoms with van der Waals surface area (Å²) in [6.45, 7) is 18.0. The molecule has 128 valence electrons. The highest BCUT2D eigenvalue weighted by molar-refractivity contribution is 5.85. The minimum atomic E-state index is 0.122. The van der Waals surface area contributed by atoms with Crippen LogP contribution in [-0.4, -0.2) is 6.21 Å². The summed E-state index contributed by atoms with van der Waals surface area (Å²) in [5.74, 6) is 0. The molecule has 0 radical (unpaired) electrons. The molecule has 0 bridgehead atoms. The molecule has 0 saturated carbocycles. The third kappa shape index (κ3) is 4.14. The fourth-order valence-electron chi connectivity index (χ4n) is 2.93. The molecule has 0 aliphatic rings. The number of aliphatic imine (C=N–C) groups is 1. The summed E-state index contributed by atoms with van der Waals surface area (Å²) in [6.07, 6.45) is 2.03. The number of hydrogen-bond acceptors (Lipinski definition) is 1. The number of benzene rings is 2. The number of hydrogen-bond donors (Lipinski definition) is 0. The van der Waals surface area contributed by atoms with Gasteiger partial charge in [-0.25, -0.2) is 0 Å². The van der Waals surface area contributed by atoms with E-state index in [-0.39, 0.29) is 10.8 Å². The summed E-state index contributed by atoms with van der Waals surface area (Å²) >= 11 is 0. The second kappa shape index (κ2) is 6.55. The molecule has 0 N–H and O–H groups in total. The Balaban J connectivity index is 2.59. The van der Waals surface area contributed by atoms with Crippen molar-refractivity contribution in [2.75, 3.05) is 0 Å². The van der Waals surface area contributed by atoms with Crippen LogP contribution in [0.25, 0.3) is 0 Å². The maximum absolute atomic E-state index is 4.76. The summed E-state index contributed by atoms with van der Waals surface area (Å²) in [4.78, 5) is 4.76. The lowest BCUT2D eigenvalue weighted by Gasteiger charge is -2.28. The van der Waals surface area contributed by atoms with Crippen LogP contribution in [0.3, 0.4) is 0 Å². The van der Waals surface area contributed by atoms with Crippen molar-refractivity contribution in [1.82, 2.24) is 0 Å². The van der Waals surface area contributed by atoms with E-state index in [0.29, 0.717) is 0 Å². The molecule has 0 spiro atoms. The molecular formula is C23H31N. The fraction of sp³-hybridized carbons (Fsp3) is 0.435. The molecule has 0 amide bonds. The highest BCUT2D eigenvalue weighted by Gasteiger charge is 2.22. The Hall–Kier alpha value is -1.89. The van der Waals surface area contributed by atoms with E-state index < -0.39 is 0 Å². The SMILES string of the molecule is Cc1ccccc1N=Cc1cc(C(C)(C)C)cc(C(C)(C)C)c1C. The van der Waals surface area contributed by atoms with E-state index in [1.54, 1.807) is 0 Å². The first-order chi connectivity index (χ1) is 11.0. The fourth-order valence-corrected chi connectivity index (χ4v) is 2.93. The molecule has 0 saturated heterocycles. The van der Waals surface area contributed by atoms with Crippen LogP contribution >= 0.6 is 0 Å². The Bertz CT molecular complexity index is 753. The topological polar surface area (TPSA) is 12.4 Å². The molecule has 0 heterocycles. The lowest BCUT2D eigenvalue weighted by atomic mass is 9.77. The van der Waals surface area contributed by atoms with Crippen LogP contribution in [-0.2, 0) is 10.8 Å². The van der Waals surface area contributed by atoms with Gasteiger partial charge < -0.3 is 0 Å². The number of aryl methyl sites for hydroxylation is 1. The maximum atomic E-state index is 4.76. The summed E-state index contributed by atoms with van der Waals surface area (Å²) in [5, 5.41) is 0. The quantitative estimate of drug-likeness (QED) is 0.549. The zero-order chi connectivity index (χ0) is 18.1. The van der Waals surface area contributed by atoms with Gasteiger partial charge in [-0.3, -0.25) is 4.99 Å².